The molecule has 7 nitrogen and oxygen atoms in total. The molecule has 0 radical (unpaired) electrons. The molecule has 0 aliphatic heterocycles. The Kier molecular flexibility index (Phi) is 8.99. The van der Waals surface area contributed by atoms with Crippen molar-refractivity contribution in [1.82, 2.24) is 9.55 Å². The fourth-order valence-electron chi connectivity index (χ4n) is 4.94. The van der Waals surface area contributed by atoms with Crippen LogP contribution in [0.4, 0.5) is 11.6 Å². The Labute approximate surface area is 217 Å². The van der Waals surface area contributed by atoms with E-state index >= 15 is 0 Å². The number of anilines is 2. The number of carbonyl (C=O) groups is 2. The number of methoxy groups -OCH3 is 1. The first-order valence-corrected chi connectivity index (χ1v) is 13.1. The van der Waals surface area contributed by atoms with Crippen LogP contribution in [0, 0.1) is 5.92 Å². The number of ether oxygens (including phenoxy) is 1. The Hall–Kier alpha value is -2.90. The van der Waals surface area contributed by atoms with Crippen LogP contribution in [-0.2, 0) is 27.3 Å². The SMILES string of the molecule is COCCCn1c(NC(=O)Cc2cccc(Cl)c2)nc2cc(N(C)C(=O)CC3CCCCC3)ccc21. The van der Waals surface area contributed by atoms with Gasteiger partial charge in [-0.1, -0.05) is 43.0 Å². The van der Waals surface area contributed by atoms with Gasteiger partial charge in [0.05, 0.1) is 17.5 Å². The van der Waals surface area contributed by atoms with Crippen molar-refractivity contribution in [3.05, 3.63) is 53.1 Å². The second kappa shape index (κ2) is 12.4. The monoisotopic (exact) mass is 510 g/mol. The Morgan fingerprint density at radius 3 is 2.72 bits per heavy atom. The molecule has 1 aliphatic rings. The van der Waals surface area contributed by atoms with Crippen LogP contribution in [0.25, 0.3) is 11.0 Å². The molecule has 8 heteroatoms. The Morgan fingerprint density at radius 2 is 1.97 bits per heavy atom. The van der Waals surface area contributed by atoms with Crippen LogP contribution in [0.5, 0.6) is 0 Å². The van der Waals surface area contributed by atoms with Crippen LogP contribution >= 0.6 is 11.6 Å². The predicted octanol–water partition coefficient (Wildman–Crippen LogP) is 5.84. The van der Waals surface area contributed by atoms with E-state index in [2.05, 4.69) is 5.32 Å². The van der Waals surface area contributed by atoms with Gasteiger partial charge in [0.25, 0.3) is 0 Å². The second-order valence-electron chi connectivity index (χ2n) is 9.62. The fraction of sp³-hybridized carbons (Fsp3) is 0.464. The minimum Gasteiger partial charge on any atom is -0.385 e. The van der Waals surface area contributed by atoms with Crippen LogP contribution in [0.2, 0.25) is 5.02 Å². The van der Waals surface area contributed by atoms with Crippen LogP contribution in [-0.4, -0.2) is 42.1 Å². The van der Waals surface area contributed by atoms with Gasteiger partial charge in [-0.25, -0.2) is 4.98 Å². The summed E-state index contributed by atoms with van der Waals surface area (Å²) in [5, 5.41) is 3.57. The predicted molar refractivity (Wildman–Crippen MR) is 145 cm³/mol. The number of hydrogen-bond donors (Lipinski definition) is 1. The molecule has 0 bridgehead atoms. The maximum absolute atomic E-state index is 13.0. The number of amides is 2. The highest BCUT2D eigenvalue weighted by atomic mass is 35.5. The van der Waals surface area contributed by atoms with Gasteiger partial charge < -0.3 is 14.2 Å². The summed E-state index contributed by atoms with van der Waals surface area (Å²) in [5.41, 5.74) is 3.28. The van der Waals surface area contributed by atoms with E-state index in [1.165, 1.54) is 19.3 Å². The van der Waals surface area contributed by atoms with Crippen molar-refractivity contribution >= 4 is 46.1 Å². The zero-order chi connectivity index (χ0) is 25.5. The smallest absolute Gasteiger partial charge is 0.231 e. The lowest BCUT2D eigenvalue weighted by atomic mass is 9.86. The molecule has 0 saturated heterocycles. The number of rotatable bonds is 10. The molecule has 3 aromatic rings. The van der Waals surface area contributed by atoms with Gasteiger partial charge in [0.2, 0.25) is 17.8 Å². The van der Waals surface area contributed by atoms with Gasteiger partial charge in [0, 0.05) is 44.4 Å². The molecule has 1 fully saturated rings. The number of aryl methyl sites for hydroxylation is 1. The molecule has 1 saturated carbocycles. The maximum atomic E-state index is 13.0. The highest BCUT2D eigenvalue weighted by molar-refractivity contribution is 6.30. The van der Waals surface area contributed by atoms with Crippen molar-refractivity contribution in [3.8, 4) is 0 Å². The van der Waals surface area contributed by atoms with E-state index in [1.807, 2.05) is 41.9 Å². The first-order chi connectivity index (χ1) is 17.4. The van der Waals surface area contributed by atoms with Crippen molar-refractivity contribution in [1.29, 1.82) is 0 Å². The summed E-state index contributed by atoms with van der Waals surface area (Å²) < 4.78 is 7.22. The number of imidazole rings is 1. The van der Waals surface area contributed by atoms with Crippen molar-refractivity contribution in [2.75, 3.05) is 31.0 Å². The number of hydrogen-bond acceptors (Lipinski definition) is 4. The van der Waals surface area contributed by atoms with E-state index in [0.29, 0.717) is 36.5 Å². The third kappa shape index (κ3) is 6.65. The molecule has 0 atom stereocenters. The lowest BCUT2D eigenvalue weighted by molar-refractivity contribution is -0.119. The minimum absolute atomic E-state index is 0.135. The molecule has 1 aromatic heterocycles. The molecule has 2 aromatic carbocycles. The van der Waals surface area contributed by atoms with E-state index in [-0.39, 0.29) is 18.2 Å². The van der Waals surface area contributed by atoms with Crippen LogP contribution in [0.1, 0.15) is 50.5 Å². The lowest BCUT2D eigenvalue weighted by Gasteiger charge is -2.24. The molecule has 0 spiro atoms. The molecule has 36 heavy (non-hydrogen) atoms. The number of fused-ring (bicyclic) bond motifs is 1. The third-order valence-corrected chi connectivity index (χ3v) is 7.15. The molecule has 4 rings (SSSR count). The number of halogens is 1. The van der Waals surface area contributed by atoms with Crippen LogP contribution in [0.15, 0.2) is 42.5 Å². The highest BCUT2D eigenvalue weighted by Gasteiger charge is 2.21. The summed E-state index contributed by atoms with van der Waals surface area (Å²) in [7, 11) is 3.50. The summed E-state index contributed by atoms with van der Waals surface area (Å²) in [6.07, 6.45) is 7.57. The zero-order valence-electron chi connectivity index (χ0n) is 21.1. The molecule has 1 heterocycles. The molecule has 2 amide bonds. The van der Waals surface area contributed by atoms with Gasteiger partial charge >= 0.3 is 0 Å². The van der Waals surface area contributed by atoms with E-state index in [1.54, 1.807) is 24.1 Å². The van der Waals surface area contributed by atoms with Gasteiger partial charge in [0.1, 0.15) is 0 Å². The molecule has 0 unspecified atom stereocenters. The van der Waals surface area contributed by atoms with E-state index < -0.39 is 0 Å². The largest absolute Gasteiger partial charge is 0.385 e. The highest BCUT2D eigenvalue weighted by Crippen LogP contribution is 2.29. The van der Waals surface area contributed by atoms with Crippen molar-refractivity contribution < 1.29 is 14.3 Å². The summed E-state index contributed by atoms with van der Waals surface area (Å²) in [6.45, 7) is 1.25. The number of carbonyl (C=O) groups excluding carboxylic acids is 2. The molecular formula is C28H35ClN4O3. The summed E-state index contributed by atoms with van der Waals surface area (Å²) in [5.74, 6) is 0.941. The third-order valence-electron chi connectivity index (χ3n) is 6.92. The number of nitrogens with one attached hydrogen (secondary N) is 1. The average Bonchev–Trinajstić information content (AvgIpc) is 3.20. The summed E-state index contributed by atoms with van der Waals surface area (Å²) in [4.78, 5) is 32.2. The first-order valence-electron chi connectivity index (χ1n) is 12.7. The zero-order valence-corrected chi connectivity index (χ0v) is 21.9. The Bertz CT molecular complexity index is 1200. The van der Waals surface area contributed by atoms with Gasteiger partial charge in [-0.3, -0.25) is 14.9 Å². The summed E-state index contributed by atoms with van der Waals surface area (Å²) >= 11 is 6.07. The fourth-order valence-corrected chi connectivity index (χ4v) is 5.15. The van der Waals surface area contributed by atoms with E-state index in [9.17, 15) is 9.59 Å². The van der Waals surface area contributed by atoms with Gasteiger partial charge in [-0.05, 0) is 61.1 Å². The molecule has 1 aliphatic carbocycles. The average molecular weight is 511 g/mol. The number of nitrogens with zero attached hydrogens (tertiary/aromatic N) is 3. The Morgan fingerprint density at radius 1 is 1.17 bits per heavy atom. The van der Waals surface area contributed by atoms with Crippen molar-refractivity contribution in [2.24, 2.45) is 5.92 Å². The first kappa shape index (κ1) is 26.2. The quantitative estimate of drug-likeness (QED) is 0.347. The summed E-state index contributed by atoms with van der Waals surface area (Å²) in [6, 6.07) is 13.1. The van der Waals surface area contributed by atoms with Crippen LogP contribution in [0.3, 0.4) is 0 Å². The molecular weight excluding hydrogens is 476 g/mol. The van der Waals surface area contributed by atoms with Gasteiger partial charge in [-0.2, -0.15) is 0 Å². The molecule has 1 N–H and O–H groups in total. The second-order valence-corrected chi connectivity index (χ2v) is 10.1. The normalized spacial score (nSPS) is 14.2. The minimum atomic E-state index is -0.166. The number of aromatic nitrogens is 2. The van der Waals surface area contributed by atoms with E-state index in [4.69, 9.17) is 21.3 Å². The Balaban J connectivity index is 1.53. The number of benzene rings is 2. The lowest BCUT2D eigenvalue weighted by Crippen LogP contribution is -2.28. The van der Waals surface area contributed by atoms with Crippen LogP contribution < -0.4 is 10.2 Å². The maximum Gasteiger partial charge on any atom is 0.231 e. The topological polar surface area (TPSA) is 76.5 Å². The van der Waals surface area contributed by atoms with Crippen molar-refractivity contribution in [3.63, 3.8) is 0 Å². The van der Waals surface area contributed by atoms with Crippen molar-refractivity contribution in [2.45, 2.75) is 57.9 Å². The van der Waals surface area contributed by atoms with E-state index in [0.717, 1.165) is 41.5 Å². The molecule has 192 valence electrons. The standard InChI is InChI=1S/C28H35ClN4O3/c1-32(27(35)18-20-8-4-3-5-9-20)23-12-13-25-24(19-23)30-28(33(25)14-7-15-36-2)31-26(34)17-21-10-6-11-22(29)16-21/h6,10-13,16,19-20H,3-5,7-9,14-15,17-18H2,1-2H3,(H,30,31,34). The van der Waals surface area contributed by atoms with Gasteiger partial charge in [0.15, 0.2) is 0 Å². The van der Waals surface area contributed by atoms with Gasteiger partial charge in [-0.15, -0.1) is 0 Å².